The Balaban J connectivity index is 1.75. The maximum absolute atomic E-state index is 13.1. The number of nitrogens with zero attached hydrogens (tertiary/aromatic N) is 4. The number of hydrogen-bond donors (Lipinski definition) is 0. The Kier molecular flexibility index (Phi) is 8.70. The first-order chi connectivity index (χ1) is 14.5. The summed E-state index contributed by atoms with van der Waals surface area (Å²) in [5.41, 5.74) is 2.14. The zero-order valence-electron chi connectivity index (χ0n) is 18.8. The highest BCUT2D eigenvalue weighted by molar-refractivity contribution is 5.92. The van der Waals surface area contributed by atoms with Crippen molar-refractivity contribution in [3.8, 4) is 0 Å². The van der Waals surface area contributed by atoms with Gasteiger partial charge in [0, 0.05) is 45.3 Å². The molecule has 30 heavy (non-hydrogen) atoms. The second kappa shape index (κ2) is 11.5. The van der Waals surface area contributed by atoms with Crippen molar-refractivity contribution in [2.45, 2.75) is 52.0 Å². The van der Waals surface area contributed by atoms with Gasteiger partial charge in [0.2, 0.25) is 11.8 Å². The molecular weight excluding hydrogens is 376 g/mol. The number of para-hydroxylation sites is 1. The predicted molar refractivity (Wildman–Crippen MR) is 122 cm³/mol. The summed E-state index contributed by atoms with van der Waals surface area (Å²) in [5, 5.41) is 0. The molecule has 0 radical (unpaired) electrons. The fraction of sp³-hybridized carbons (Fsp3) is 0.667. The van der Waals surface area contributed by atoms with E-state index in [9.17, 15) is 9.59 Å². The molecule has 0 bridgehead atoms. The number of amides is 2. The number of fused-ring (bicyclic) bond motifs is 1. The van der Waals surface area contributed by atoms with Gasteiger partial charge in [-0.2, -0.15) is 0 Å². The van der Waals surface area contributed by atoms with E-state index >= 15 is 0 Å². The van der Waals surface area contributed by atoms with E-state index in [1.54, 1.807) is 6.92 Å². The van der Waals surface area contributed by atoms with Gasteiger partial charge in [0.1, 0.15) is 0 Å². The fourth-order valence-electron chi connectivity index (χ4n) is 4.53. The van der Waals surface area contributed by atoms with Crippen LogP contribution in [0.15, 0.2) is 24.3 Å². The SMILES string of the molecule is CC(=O)N1CCCCCCCN(CC(=O)N2CCCN(C)CC2)Cc2ccccc21. The van der Waals surface area contributed by atoms with Crippen LogP contribution in [0.2, 0.25) is 0 Å². The van der Waals surface area contributed by atoms with E-state index in [4.69, 9.17) is 0 Å². The summed E-state index contributed by atoms with van der Waals surface area (Å²) >= 11 is 0. The summed E-state index contributed by atoms with van der Waals surface area (Å²) in [6, 6.07) is 8.19. The van der Waals surface area contributed by atoms with E-state index in [-0.39, 0.29) is 11.8 Å². The molecule has 0 spiro atoms. The largest absolute Gasteiger partial charge is 0.340 e. The second-order valence-electron chi connectivity index (χ2n) is 8.82. The lowest BCUT2D eigenvalue weighted by Gasteiger charge is -2.30. The van der Waals surface area contributed by atoms with Crippen LogP contribution in [0.4, 0.5) is 5.69 Å². The van der Waals surface area contributed by atoms with Gasteiger partial charge < -0.3 is 14.7 Å². The molecule has 1 aromatic carbocycles. The minimum Gasteiger partial charge on any atom is -0.340 e. The monoisotopic (exact) mass is 414 g/mol. The van der Waals surface area contributed by atoms with Gasteiger partial charge in [-0.3, -0.25) is 14.5 Å². The maximum atomic E-state index is 13.1. The fourth-order valence-corrected chi connectivity index (χ4v) is 4.53. The van der Waals surface area contributed by atoms with Crippen LogP contribution in [0.3, 0.4) is 0 Å². The van der Waals surface area contributed by atoms with Crippen LogP contribution in [0.1, 0.15) is 51.0 Å². The average molecular weight is 415 g/mol. The Morgan fingerprint density at radius 1 is 0.833 bits per heavy atom. The molecule has 1 fully saturated rings. The normalized spacial score (nSPS) is 20.6. The van der Waals surface area contributed by atoms with E-state index < -0.39 is 0 Å². The molecule has 3 rings (SSSR count). The smallest absolute Gasteiger partial charge is 0.236 e. The van der Waals surface area contributed by atoms with Crippen LogP contribution >= 0.6 is 0 Å². The van der Waals surface area contributed by atoms with Gasteiger partial charge in [0.25, 0.3) is 0 Å². The standard InChI is InChI=1S/C24H38N4O2/c1-21(29)28-16-9-5-3-4-8-14-26(19-22-11-6-7-12-23(22)28)20-24(30)27-15-10-13-25(2)17-18-27/h6-7,11-12H,3-5,8-10,13-20H2,1-2H3. The summed E-state index contributed by atoms with van der Waals surface area (Å²) in [6.07, 6.45) is 6.72. The molecule has 0 aromatic heterocycles. The Labute approximate surface area is 181 Å². The molecule has 0 unspecified atom stereocenters. The summed E-state index contributed by atoms with van der Waals surface area (Å²) in [5.74, 6) is 0.328. The van der Waals surface area contributed by atoms with Crippen LogP contribution < -0.4 is 4.90 Å². The molecule has 1 aromatic rings. The van der Waals surface area contributed by atoms with E-state index in [0.717, 1.165) is 76.2 Å². The van der Waals surface area contributed by atoms with Crippen LogP contribution in [0, 0.1) is 0 Å². The topological polar surface area (TPSA) is 47.1 Å². The van der Waals surface area contributed by atoms with Crippen molar-refractivity contribution in [2.75, 3.05) is 57.8 Å². The Morgan fingerprint density at radius 3 is 2.37 bits per heavy atom. The Bertz CT molecular complexity index is 708. The Morgan fingerprint density at radius 2 is 1.57 bits per heavy atom. The molecular formula is C24H38N4O2. The second-order valence-corrected chi connectivity index (χ2v) is 8.82. The highest BCUT2D eigenvalue weighted by atomic mass is 16.2. The molecule has 2 aliphatic heterocycles. The molecule has 2 aliphatic rings. The molecule has 0 saturated carbocycles. The first-order valence-corrected chi connectivity index (χ1v) is 11.6. The van der Waals surface area contributed by atoms with Crippen molar-refractivity contribution in [2.24, 2.45) is 0 Å². The number of hydrogen-bond acceptors (Lipinski definition) is 4. The first-order valence-electron chi connectivity index (χ1n) is 11.6. The average Bonchev–Trinajstić information content (AvgIpc) is 2.94. The molecule has 0 atom stereocenters. The first kappa shape index (κ1) is 22.8. The van der Waals surface area contributed by atoms with E-state index in [1.165, 1.54) is 12.8 Å². The maximum Gasteiger partial charge on any atom is 0.236 e. The number of benzene rings is 1. The molecule has 2 amide bonds. The van der Waals surface area contributed by atoms with Crippen LogP contribution in [-0.2, 0) is 16.1 Å². The van der Waals surface area contributed by atoms with Crippen molar-refractivity contribution in [3.63, 3.8) is 0 Å². The van der Waals surface area contributed by atoms with Crippen molar-refractivity contribution in [1.29, 1.82) is 0 Å². The van der Waals surface area contributed by atoms with E-state index in [2.05, 4.69) is 22.9 Å². The van der Waals surface area contributed by atoms with Gasteiger partial charge in [0.15, 0.2) is 0 Å². The van der Waals surface area contributed by atoms with Crippen LogP contribution in [0.25, 0.3) is 0 Å². The number of carbonyl (C=O) groups is 2. The molecule has 166 valence electrons. The van der Waals surface area contributed by atoms with Gasteiger partial charge in [-0.1, -0.05) is 37.5 Å². The molecule has 2 heterocycles. The summed E-state index contributed by atoms with van der Waals surface area (Å²) < 4.78 is 0. The number of rotatable bonds is 2. The van der Waals surface area contributed by atoms with Crippen LogP contribution in [0.5, 0.6) is 0 Å². The molecule has 0 aliphatic carbocycles. The summed E-state index contributed by atoms with van der Waals surface area (Å²) in [7, 11) is 2.13. The van der Waals surface area contributed by atoms with E-state index in [1.807, 2.05) is 28.0 Å². The van der Waals surface area contributed by atoms with Crippen molar-refractivity contribution in [1.82, 2.24) is 14.7 Å². The molecule has 6 heteroatoms. The van der Waals surface area contributed by atoms with Gasteiger partial charge in [-0.25, -0.2) is 0 Å². The highest BCUT2D eigenvalue weighted by Crippen LogP contribution is 2.24. The van der Waals surface area contributed by atoms with Crippen LogP contribution in [-0.4, -0.2) is 79.4 Å². The van der Waals surface area contributed by atoms with Gasteiger partial charge >= 0.3 is 0 Å². The van der Waals surface area contributed by atoms with Crippen molar-refractivity contribution in [3.05, 3.63) is 29.8 Å². The lowest BCUT2D eigenvalue weighted by Crippen LogP contribution is -2.42. The summed E-state index contributed by atoms with van der Waals surface area (Å²) in [6.45, 7) is 8.19. The zero-order chi connectivity index (χ0) is 21.3. The number of likely N-dealkylation sites (N-methyl/N-ethyl adjacent to an activating group) is 1. The predicted octanol–water partition coefficient (Wildman–Crippen LogP) is 2.97. The third kappa shape index (κ3) is 6.54. The van der Waals surface area contributed by atoms with Gasteiger partial charge in [-0.05, 0) is 51.0 Å². The molecule has 1 saturated heterocycles. The molecule has 0 N–H and O–H groups in total. The quantitative estimate of drug-likeness (QED) is 0.747. The lowest BCUT2D eigenvalue weighted by atomic mass is 10.1. The van der Waals surface area contributed by atoms with E-state index in [0.29, 0.717) is 13.1 Å². The number of carbonyl (C=O) groups excluding carboxylic acids is 2. The van der Waals surface area contributed by atoms with Crippen molar-refractivity contribution < 1.29 is 9.59 Å². The minimum absolute atomic E-state index is 0.0934. The summed E-state index contributed by atoms with van der Waals surface area (Å²) in [4.78, 5) is 34.0. The highest BCUT2D eigenvalue weighted by Gasteiger charge is 2.22. The minimum atomic E-state index is 0.0934. The Hall–Kier alpha value is -1.92. The zero-order valence-corrected chi connectivity index (χ0v) is 18.8. The van der Waals surface area contributed by atoms with Gasteiger partial charge in [0.05, 0.1) is 6.54 Å². The third-order valence-corrected chi connectivity index (χ3v) is 6.34. The molecule has 6 nitrogen and oxygen atoms in total. The number of anilines is 1. The third-order valence-electron chi connectivity index (χ3n) is 6.34. The lowest BCUT2D eigenvalue weighted by molar-refractivity contribution is -0.132. The van der Waals surface area contributed by atoms with Gasteiger partial charge in [-0.15, -0.1) is 0 Å². The van der Waals surface area contributed by atoms with Crippen molar-refractivity contribution >= 4 is 17.5 Å².